The van der Waals surface area contributed by atoms with E-state index in [1.165, 1.54) is 58.2 Å². The van der Waals surface area contributed by atoms with Gasteiger partial charge in [0.05, 0.1) is 19.6 Å². The number of rotatable bonds is 9. The van der Waals surface area contributed by atoms with Crippen LogP contribution in [0.2, 0.25) is 0 Å². The molecule has 0 saturated carbocycles. The first-order valence-electron chi connectivity index (χ1n) is 6.18. The summed E-state index contributed by atoms with van der Waals surface area (Å²) in [6.07, 6.45) is 8.26. The highest BCUT2D eigenvalue weighted by molar-refractivity contribution is 4.37. The maximum Gasteiger partial charge on any atom is 0.0770 e. The number of hydrogen-bond acceptors (Lipinski definition) is 0. The average molecular weight is 197 g/mol. The summed E-state index contributed by atoms with van der Waals surface area (Å²) in [5.41, 5.74) is 0. The quantitative estimate of drug-likeness (QED) is 0.577. The normalized spacial score (nSPS) is 11.1. The third-order valence-electron chi connectivity index (χ3n) is 2.65. The van der Waals surface area contributed by atoms with E-state index in [4.69, 9.17) is 0 Å². The molecule has 0 heterocycles. The summed E-state index contributed by atoms with van der Waals surface area (Å²) in [6, 6.07) is 0. The van der Waals surface area contributed by atoms with Crippen molar-refractivity contribution in [3.05, 3.63) is 0 Å². The highest BCUT2D eigenvalue weighted by Gasteiger charge is 2.05. The van der Waals surface area contributed by atoms with Crippen molar-refractivity contribution < 1.29 is 20.6 Å². The minimum Gasteiger partial charge on any atom is -1.00 e. The minimum absolute atomic E-state index is 0. The average Bonchev–Trinajstić information content (AvgIpc) is 2.17. The second kappa shape index (κ2) is 10.0. The van der Waals surface area contributed by atoms with Crippen LogP contribution in [0.15, 0.2) is 0 Å². The maximum absolute atomic E-state index is 2.29. The summed E-state index contributed by atoms with van der Waals surface area (Å²) < 4.78 is 0. The van der Waals surface area contributed by atoms with Gasteiger partial charge in [0, 0.05) is 0 Å². The van der Waals surface area contributed by atoms with E-state index in [-0.39, 0.29) is 15.7 Å². The molecule has 0 radical (unpaired) electrons. The van der Waals surface area contributed by atoms with Gasteiger partial charge in [0.2, 0.25) is 0 Å². The molecule has 1 heteroatoms. The van der Waals surface area contributed by atoms with Gasteiger partial charge < -0.3 is 20.6 Å². The lowest BCUT2D eigenvalue weighted by atomic mass is 10.2. The molecule has 0 unspecified atom stereocenters. The molecule has 0 aromatic rings. The Labute approximate surface area is 101 Å². The fourth-order valence-corrected chi connectivity index (χ4v) is 1.66. The Hall–Kier alpha value is -0.0400. The SMILES string of the molecule is CCCC[NH+](CCCC)CCCC.[H-].[H-].[H-].[H-].[H-].[H-].[H-].[H-].[H-].[H-].[H-]. The second-order valence-corrected chi connectivity index (χ2v) is 4.06. The van der Waals surface area contributed by atoms with Crippen LogP contribution in [0, 0.1) is 0 Å². The summed E-state index contributed by atoms with van der Waals surface area (Å²) in [5.74, 6) is 0. The predicted octanol–water partition coefficient (Wildman–Crippen LogP) is 3.51. The Balaban J connectivity index is -0.0000000131. The molecule has 0 amide bonds. The van der Waals surface area contributed by atoms with Crippen LogP contribution in [0.4, 0.5) is 0 Å². The third kappa shape index (κ3) is 8.29. The Bertz CT molecular complexity index is 96.0. The van der Waals surface area contributed by atoms with Gasteiger partial charge in [-0.2, -0.15) is 0 Å². The van der Waals surface area contributed by atoms with Crippen LogP contribution >= 0.6 is 0 Å². The fourth-order valence-electron chi connectivity index (χ4n) is 1.66. The van der Waals surface area contributed by atoms with Crippen molar-refractivity contribution in [1.82, 2.24) is 0 Å². The molecule has 0 aliphatic rings. The zero-order valence-corrected chi connectivity index (χ0v) is 9.86. The number of quaternary nitrogens is 1. The molecular weight excluding hydrogens is 158 g/mol. The van der Waals surface area contributed by atoms with Crippen molar-refractivity contribution in [3.8, 4) is 0 Å². The molecule has 1 N–H and O–H groups in total. The molecule has 1 nitrogen and oxygen atoms in total. The highest BCUT2D eigenvalue weighted by Crippen LogP contribution is 1.85. The highest BCUT2D eigenvalue weighted by atomic mass is 15.1. The molecule has 0 atom stereocenters. The van der Waals surface area contributed by atoms with Crippen molar-refractivity contribution in [1.29, 1.82) is 0 Å². The molecule has 0 aromatic carbocycles. The van der Waals surface area contributed by atoms with Gasteiger partial charge in [0.15, 0.2) is 0 Å². The molecule has 13 heavy (non-hydrogen) atoms. The van der Waals surface area contributed by atoms with E-state index in [1.54, 1.807) is 0 Å². The molecule has 0 rings (SSSR count). The van der Waals surface area contributed by atoms with E-state index in [0.717, 1.165) is 0 Å². The van der Waals surface area contributed by atoms with Crippen LogP contribution in [0.1, 0.15) is 75.0 Å². The van der Waals surface area contributed by atoms with Gasteiger partial charge in [-0.3, -0.25) is 0 Å². The first-order chi connectivity index (χ1) is 6.35. The Kier molecular flexibility index (Phi) is 10.0. The van der Waals surface area contributed by atoms with E-state index < -0.39 is 0 Å². The number of unbranched alkanes of at least 4 members (excludes halogenated alkanes) is 3. The Morgan fingerprint density at radius 2 is 1.00 bits per heavy atom. The number of nitrogens with one attached hydrogen (secondary N) is 1. The van der Waals surface area contributed by atoms with Crippen molar-refractivity contribution >= 4 is 0 Å². The van der Waals surface area contributed by atoms with Crippen LogP contribution < -0.4 is 4.90 Å². The van der Waals surface area contributed by atoms with Crippen LogP contribution in [0.5, 0.6) is 0 Å². The van der Waals surface area contributed by atoms with Crippen molar-refractivity contribution in [2.75, 3.05) is 19.6 Å². The minimum atomic E-state index is 0. The van der Waals surface area contributed by atoms with E-state index in [0.29, 0.717) is 0 Å². The zero-order valence-electron chi connectivity index (χ0n) is 20.9. The molecule has 102 valence electrons. The lowest BCUT2D eigenvalue weighted by Gasteiger charge is -2.18. The summed E-state index contributed by atoms with van der Waals surface area (Å²) in [7, 11) is 0. The van der Waals surface area contributed by atoms with Gasteiger partial charge >= 0.3 is 0 Å². The first-order valence-corrected chi connectivity index (χ1v) is 6.18. The topological polar surface area (TPSA) is 4.44 Å². The molecule has 0 aliphatic heterocycles. The van der Waals surface area contributed by atoms with Gasteiger partial charge in [-0.05, 0) is 19.3 Å². The predicted molar refractivity (Wildman–Crippen MR) is 72.5 cm³/mol. The van der Waals surface area contributed by atoms with Gasteiger partial charge in [-0.25, -0.2) is 0 Å². The summed E-state index contributed by atoms with van der Waals surface area (Å²) in [5, 5.41) is 0. The van der Waals surface area contributed by atoms with Gasteiger partial charge in [0.25, 0.3) is 0 Å². The lowest BCUT2D eigenvalue weighted by molar-refractivity contribution is -0.900. The monoisotopic (exact) mass is 197 g/mol. The fraction of sp³-hybridized carbons (Fsp3) is 1.00. The third-order valence-corrected chi connectivity index (χ3v) is 2.65. The molecular formula is C12H39N-10. The van der Waals surface area contributed by atoms with E-state index in [1.807, 2.05) is 4.90 Å². The second-order valence-electron chi connectivity index (χ2n) is 4.06. The molecule has 0 fully saturated rings. The van der Waals surface area contributed by atoms with Crippen LogP contribution in [0.3, 0.4) is 0 Å². The van der Waals surface area contributed by atoms with Crippen molar-refractivity contribution in [3.63, 3.8) is 0 Å². The van der Waals surface area contributed by atoms with Gasteiger partial charge in [-0.1, -0.05) is 40.0 Å². The van der Waals surface area contributed by atoms with Crippen molar-refractivity contribution in [2.24, 2.45) is 0 Å². The molecule has 0 saturated heterocycles. The Morgan fingerprint density at radius 1 is 0.692 bits per heavy atom. The standard InChI is InChI=1S/C12H27N.11H/c1-4-7-10-13(11-8-5-2)12-9-6-3;;;;;;;;;;;/h4-12H2,1-3H3;;;;;;;;;;;/q;11*-1/p+1. The molecule has 0 aromatic heterocycles. The van der Waals surface area contributed by atoms with E-state index in [9.17, 15) is 0 Å². The zero-order chi connectivity index (χ0) is 9.94. The molecule has 0 bridgehead atoms. The summed E-state index contributed by atoms with van der Waals surface area (Å²) in [4.78, 5) is 1.84. The molecule has 0 spiro atoms. The molecule has 0 aliphatic carbocycles. The van der Waals surface area contributed by atoms with Crippen molar-refractivity contribution in [2.45, 2.75) is 59.3 Å². The Morgan fingerprint density at radius 3 is 1.23 bits per heavy atom. The summed E-state index contributed by atoms with van der Waals surface area (Å²) in [6.45, 7) is 11.1. The van der Waals surface area contributed by atoms with Crippen LogP contribution in [0.25, 0.3) is 0 Å². The largest absolute Gasteiger partial charge is 1.00 e. The van der Waals surface area contributed by atoms with Gasteiger partial charge in [-0.15, -0.1) is 0 Å². The number of hydrogen-bond donors (Lipinski definition) is 1. The van der Waals surface area contributed by atoms with Crippen LogP contribution in [-0.2, 0) is 0 Å². The first kappa shape index (κ1) is 13.0. The van der Waals surface area contributed by atoms with Crippen LogP contribution in [-0.4, -0.2) is 19.6 Å². The maximum atomic E-state index is 2.29. The van der Waals surface area contributed by atoms with Gasteiger partial charge in [0.1, 0.15) is 0 Å². The lowest BCUT2D eigenvalue weighted by Crippen LogP contribution is -3.12. The summed E-state index contributed by atoms with van der Waals surface area (Å²) >= 11 is 0. The smallest absolute Gasteiger partial charge is 0.0770 e. The van der Waals surface area contributed by atoms with E-state index in [2.05, 4.69) is 20.8 Å². The van der Waals surface area contributed by atoms with E-state index >= 15 is 0 Å².